The smallest absolute Gasteiger partial charge is 0.328 e. The van der Waals surface area contributed by atoms with Crippen molar-refractivity contribution in [2.24, 2.45) is 23.5 Å². The van der Waals surface area contributed by atoms with E-state index in [1.54, 1.807) is 86.8 Å². The van der Waals surface area contributed by atoms with E-state index >= 15 is 0 Å². The molecule has 2 bridgehead atoms. The van der Waals surface area contributed by atoms with Crippen LogP contribution in [0.5, 0.6) is 0 Å². The molecule has 0 radical (unpaired) electrons. The van der Waals surface area contributed by atoms with E-state index in [1.807, 2.05) is 13.0 Å². The number of allylic oxidation sites excluding steroid dienone is 12. The topological polar surface area (TPSA) is 338 Å². The summed E-state index contributed by atoms with van der Waals surface area (Å²) in [6.07, 6.45) is 3.29. The van der Waals surface area contributed by atoms with Crippen LogP contribution in [0.4, 0.5) is 0 Å². The highest BCUT2D eigenvalue weighted by molar-refractivity contribution is 5.86. The zero-order chi connectivity index (χ0) is 53.0. The minimum Gasteiger partial charge on any atom is -0.467 e. The number of rotatable bonds is 5. The molecule has 1 amide bonds. The first kappa shape index (κ1) is 61.3. The number of amides is 1. The van der Waals surface area contributed by atoms with Gasteiger partial charge in [0.1, 0.15) is 18.2 Å². The first-order valence-corrected chi connectivity index (χ1v) is 24.3. The Bertz CT molecular complexity index is 1860. The highest BCUT2D eigenvalue weighted by Crippen LogP contribution is 2.38. The van der Waals surface area contributed by atoms with Crippen molar-refractivity contribution in [2.45, 2.75) is 189 Å². The summed E-state index contributed by atoms with van der Waals surface area (Å²) in [7, 11) is 1.13. The number of fused-ring (bicyclic) bond motifs is 2. The lowest BCUT2D eigenvalue weighted by Gasteiger charge is -2.46. The molecular formula is C51H80N2O18. The number of carbonyl (C=O) groups excluding carboxylic acids is 3. The molecule has 20 heteroatoms. The van der Waals surface area contributed by atoms with Gasteiger partial charge in [-0.1, -0.05) is 98.9 Å². The Kier molecular flexibility index (Phi) is 26.2. The molecule has 20 atom stereocenters. The van der Waals surface area contributed by atoms with Crippen LogP contribution >= 0.6 is 0 Å². The predicted molar refractivity (Wildman–Crippen MR) is 259 cm³/mol. The highest BCUT2D eigenvalue weighted by Gasteiger charge is 2.51. The number of carbonyl (C=O) groups is 3. The van der Waals surface area contributed by atoms with Crippen molar-refractivity contribution in [1.82, 2.24) is 5.32 Å². The number of nitrogens with one attached hydrogen (secondary N) is 1. The van der Waals surface area contributed by atoms with Crippen LogP contribution in [0.3, 0.4) is 0 Å². The molecule has 20 nitrogen and oxygen atoms in total. The summed E-state index contributed by atoms with van der Waals surface area (Å²) in [6, 6.07) is -2.34. The second-order valence-corrected chi connectivity index (χ2v) is 19.0. The first-order chi connectivity index (χ1) is 33.5. The van der Waals surface area contributed by atoms with E-state index in [4.69, 9.17) is 29.4 Å². The van der Waals surface area contributed by atoms with Gasteiger partial charge in [0.05, 0.1) is 92.6 Å². The standard InChI is InChI=1S/C51H80N2O18/c1-29-19-17-15-13-11-9-7-8-10-12-14-16-18-20-37(70-50-47(63)44(52)46(62)33(5)69-50)26-41-43(48(64)53-31(3)49(65)67-6)40(59)28-51(66,71-41)27-39(58)38(57)22-21-34(54)23-35(55)24-36(56)25-42(60)68-32(4)30(2)45(29)61/h7-20,29-41,43-47,50,54-59,61-63,66H,21-28,52H2,1-6H3,(H,53,64)/b8-7+,11-9+,12-10+,15-13+,16-14+,19-17+,20-18+/t29-,30-,31?,32-,33+,34+,35?,36+,37-,38+,39+,40-,41?,43+,44-,45+,46+,47-,50-,51+/m0/s1. The number of cyclic esters (lactones) is 1. The average Bonchev–Trinajstić information content (AvgIpc) is 3.29. The molecule has 3 aliphatic rings. The van der Waals surface area contributed by atoms with Gasteiger partial charge in [0, 0.05) is 31.1 Å². The third-order valence-electron chi connectivity index (χ3n) is 13.0. The number of hydrogen-bond donors (Lipinski definition) is 12. The molecule has 0 aromatic heterocycles. The van der Waals surface area contributed by atoms with E-state index in [0.717, 1.165) is 7.11 Å². The fraction of sp³-hybridized carbons (Fsp3) is 0.667. The largest absolute Gasteiger partial charge is 0.467 e. The summed E-state index contributed by atoms with van der Waals surface area (Å²) in [5, 5.41) is 112. The van der Waals surface area contributed by atoms with E-state index in [-0.39, 0.29) is 38.0 Å². The molecule has 3 unspecified atom stereocenters. The summed E-state index contributed by atoms with van der Waals surface area (Å²) < 4.78 is 28.3. The minimum absolute atomic E-state index is 0.155. The van der Waals surface area contributed by atoms with Crippen LogP contribution in [0.1, 0.15) is 86.0 Å². The number of aliphatic hydroxyl groups excluding tert-OH is 9. The van der Waals surface area contributed by atoms with Gasteiger partial charge in [0.15, 0.2) is 12.1 Å². The maximum Gasteiger partial charge on any atom is 0.328 e. The van der Waals surface area contributed by atoms with Gasteiger partial charge in [-0.05, 0) is 46.5 Å². The quantitative estimate of drug-likeness (QED) is 0.165. The molecule has 13 N–H and O–H groups in total. The zero-order valence-corrected chi connectivity index (χ0v) is 41.5. The zero-order valence-electron chi connectivity index (χ0n) is 41.5. The molecule has 0 aromatic carbocycles. The average molecular weight is 1010 g/mol. The molecule has 71 heavy (non-hydrogen) atoms. The molecule has 2 saturated heterocycles. The molecule has 0 spiro atoms. The summed E-state index contributed by atoms with van der Waals surface area (Å²) in [4.78, 5) is 38.8. The fourth-order valence-electron chi connectivity index (χ4n) is 8.52. The van der Waals surface area contributed by atoms with E-state index in [2.05, 4.69) is 5.32 Å². The van der Waals surface area contributed by atoms with Gasteiger partial charge in [-0.15, -0.1) is 0 Å². The van der Waals surface area contributed by atoms with Crippen molar-refractivity contribution >= 4 is 17.8 Å². The highest BCUT2D eigenvalue weighted by atomic mass is 16.7. The van der Waals surface area contributed by atoms with Gasteiger partial charge in [-0.25, -0.2) is 4.79 Å². The summed E-state index contributed by atoms with van der Waals surface area (Å²) >= 11 is 0. The third-order valence-corrected chi connectivity index (χ3v) is 13.0. The van der Waals surface area contributed by atoms with Gasteiger partial charge in [0.25, 0.3) is 0 Å². The third kappa shape index (κ3) is 20.5. The van der Waals surface area contributed by atoms with Crippen molar-refractivity contribution in [3.8, 4) is 0 Å². The van der Waals surface area contributed by atoms with Gasteiger partial charge in [-0.3, -0.25) is 9.59 Å². The monoisotopic (exact) mass is 1010 g/mol. The Labute approximate surface area is 416 Å². The molecule has 0 aromatic rings. The van der Waals surface area contributed by atoms with Crippen LogP contribution in [0.2, 0.25) is 0 Å². The molecule has 0 aliphatic carbocycles. The van der Waals surface area contributed by atoms with E-state index in [1.165, 1.54) is 19.9 Å². The van der Waals surface area contributed by atoms with Crippen molar-refractivity contribution < 1.29 is 89.1 Å². The van der Waals surface area contributed by atoms with Crippen molar-refractivity contribution in [1.29, 1.82) is 0 Å². The van der Waals surface area contributed by atoms with Gasteiger partial charge in [0.2, 0.25) is 5.91 Å². The van der Waals surface area contributed by atoms with Crippen LogP contribution in [0, 0.1) is 17.8 Å². The van der Waals surface area contributed by atoms with E-state index in [9.17, 15) is 65.4 Å². The summed E-state index contributed by atoms with van der Waals surface area (Å²) in [6.45, 7) is 8.10. The van der Waals surface area contributed by atoms with Crippen LogP contribution in [0.25, 0.3) is 0 Å². The molecule has 402 valence electrons. The number of hydrogen-bond acceptors (Lipinski definition) is 19. The molecule has 3 heterocycles. The first-order valence-electron chi connectivity index (χ1n) is 24.3. The normalized spacial score (nSPS) is 43.0. The minimum atomic E-state index is -2.39. The van der Waals surface area contributed by atoms with Gasteiger partial charge in [-0.2, -0.15) is 0 Å². The van der Waals surface area contributed by atoms with Gasteiger partial charge < -0.3 is 85.8 Å². The molecular weight excluding hydrogens is 929 g/mol. The number of aliphatic hydroxyl groups is 10. The number of methoxy groups -OCH3 is 1. The second kappa shape index (κ2) is 30.3. The summed E-state index contributed by atoms with van der Waals surface area (Å²) in [5.41, 5.74) is 6.09. The number of ether oxygens (including phenoxy) is 5. The predicted octanol–water partition coefficient (Wildman–Crippen LogP) is 0.305. The second-order valence-electron chi connectivity index (χ2n) is 19.0. The Morgan fingerprint density at radius 3 is 1.85 bits per heavy atom. The number of esters is 2. The van der Waals surface area contributed by atoms with Gasteiger partial charge >= 0.3 is 11.9 Å². The molecule has 0 saturated carbocycles. The molecule has 3 aliphatic heterocycles. The molecule has 2 fully saturated rings. The van der Waals surface area contributed by atoms with Crippen molar-refractivity contribution in [2.75, 3.05) is 7.11 Å². The lowest BCUT2D eigenvalue weighted by Crippen LogP contribution is -2.62. The SMILES string of the molecule is COC(=O)C(C)NC(=O)[C@H]1C2C[C@@H](O[C@@H]3O[C@H](C)[C@@H](O)[C@H](N)[C@@H]3O)/C=C/C=C/C=C/C=C/C=C/C=C/C=C/[C@H](C)[C@@H](O)[C@@H](C)[C@H](C)OC(=O)C[C@H](O)CC(O)C[C@H](O)CC[C@@H](O)[C@H](O)C[C@](O)(C[C@@H]1O)O2. The number of nitrogens with two attached hydrogens (primary N) is 1. The summed E-state index contributed by atoms with van der Waals surface area (Å²) in [5.74, 6) is -7.01. The Morgan fingerprint density at radius 2 is 1.25 bits per heavy atom. The Morgan fingerprint density at radius 1 is 0.704 bits per heavy atom. The Hall–Kier alpha value is -3.97. The van der Waals surface area contributed by atoms with E-state index in [0.29, 0.717) is 0 Å². The van der Waals surface area contributed by atoms with E-state index < -0.39 is 152 Å². The van der Waals surface area contributed by atoms with Crippen molar-refractivity contribution in [3.63, 3.8) is 0 Å². The lowest BCUT2D eigenvalue weighted by molar-refractivity contribution is -0.308. The van der Waals surface area contributed by atoms with Crippen LogP contribution in [-0.2, 0) is 38.1 Å². The molecule has 3 rings (SSSR count). The maximum atomic E-state index is 13.8. The van der Waals surface area contributed by atoms with Crippen LogP contribution < -0.4 is 11.1 Å². The maximum absolute atomic E-state index is 13.8. The fourth-order valence-corrected chi connectivity index (χ4v) is 8.52. The van der Waals surface area contributed by atoms with Crippen LogP contribution in [-0.4, -0.2) is 180 Å². The van der Waals surface area contributed by atoms with Crippen molar-refractivity contribution in [3.05, 3.63) is 85.1 Å². The Balaban J connectivity index is 1.95. The van der Waals surface area contributed by atoms with Crippen LogP contribution in [0.15, 0.2) is 85.1 Å². The lowest BCUT2D eigenvalue weighted by atomic mass is 9.82.